The second kappa shape index (κ2) is 4.14. The average molecular weight is 238 g/mol. The van der Waals surface area contributed by atoms with E-state index < -0.39 is 25.9 Å². The van der Waals surface area contributed by atoms with Gasteiger partial charge in [-0.1, -0.05) is 8.01 Å². The Labute approximate surface area is 83.1 Å². The number of hydrogen-bond acceptors (Lipinski definition) is 4. The van der Waals surface area contributed by atoms with Gasteiger partial charge in [0.05, 0.1) is 0 Å². The van der Waals surface area contributed by atoms with Crippen LogP contribution in [0.3, 0.4) is 0 Å². The molecule has 0 aliphatic rings. The molecule has 0 aliphatic carbocycles. The van der Waals surface area contributed by atoms with E-state index in [9.17, 15) is 33.9 Å². The normalized spacial score (nSPS) is 13.5. The molecule has 0 bridgehead atoms. The van der Waals surface area contributed by atoms with Crippen molar-refractivity contribution in [3.8, 4) is 0 Å². The van der Waals surface area contributed by atoms with Gasteiger partial charge in [-0.25, -0.2) is 8.42 Å². The van der Waals surface area contributed by atoms with Gasteiger partial charge in [-0.05, 0) is 0 Å². The SMILES string of the molecule is O=S(=O)(F)NS(=O)(=O)C(F)(F)F.[Li]. The zero-order valence-corrected chi connectivity index (χ0v) is 7.59. The van der Waals surface area contributed by atoms with Gasteiger partial charge in [0, 0.05) is 18.9 Å². The zero-order valence-electron chi connectivity index (χ0n) is 5.96. The van der Waals surface area contributed by atoms with E-state index in [-0.39, 0.29) is 23.0 Å². The van der Waals surface area contributed by atoms with Gasteiger partial charge in [0.2, 0.25) is 0 Å². The molecule has 0 aromatic heterocycles. The fourth-order valence-electron chi connectivity index (χ4n) is 0.178. The summed E-state index contributed by atoms with van der Waals surface area (Å²) in [4.78, 5) is 0. The van der Waals surface area contributed by atoms with Crippen LogP contribution in [0.25, 0.3) is 0 Å². The topological polar surface area (TPSA) is 80.3 Å². The predicted molar refractivity (Wildman–Crippen MR) is 33.9 cm³/mol. The first-order valence-corrected chi connectivity index (χ1v) is 4.87. The average Bonchev–Trinajstić information content (AvgIpc) is 1.52. The van der Waals surface area contributed by atoms with E-state index in [1.165, 1.54) is 0 Å². The van der Waals surface area contributed by atoms with Gasteiger partial charge >= 0.3 is 25.9 Å². The van der Waals surface area contributed by atoms with Crippen LogP contribution in [-0.4, -0.2) is 41.2 Å². The minimum atomic E-state index is -6.17. The number of alkyl halides is 3. The van der Waals surface area contributed by atoms with Crippen molar-refractivity contribution in [2.75, 3.05) is 0 Å². The van der Waals surface area contributed by atoms with E-state index in [0.717, 1.165) is 0 Å². The second-order valence-corrected chi connectivity index (χ2v) is 4.48. The maximum atomic E-state index is 11.4. The summed E-state index contributed by atoms with van der Waals surface area (Å²) in [5.74, 6) is 0. The summed E-state index contributed by atoms with van der Waals surface area (Å²) in [5, 5.41) is 0. The first-order valence-electron chi connectivity index (χ1n) is 2.00. The van der Waals surface area contributed by atoms with Crippen LogP contribution in [0.4, 0.5) is 17.1 Å². The van der Waals surface area contributed by atoms with Crippen molar-refractivity contribution in [3.63, 3.8) is 0 Å². The van der Waals surface area contributed by atoms with Crippen LogP contribution in [0.5, 0.6) is 0 Å². The predicted octanol–water partition coefficient (Wildman–Crippen LogP) is -0.741. The monoisotopic (exact) mass is 238 g/mol. The van der Waals surface area contributed by atoms with Crippen molar-refractivity contribution in [3.05, 3.63) is 0 Å². The molecule has 1 N–H and O–H groups in total. The van der Waals surface area contributed by atoms with Crippen LogP contribution < -0.4 is 4.13 Å². The van der Waals surface area contributed by atoms with E-state index in [2.05, 4.69) is 0 Å². The Hall–Kier alpha value is 0.177. The van der Waals surface area contributed by atoms with Crippen molar-refractivity contribution in [1.82, 2.24) is 4.13 Å². The van der Waals surface area contributed by atoms with Crippen LogP contribution in [0.2, 0.25) is 0 Å². The van der Waals surface area contributed by atoms with Crippen LogP contribution in [0.1, 0.15) is 0 Å². The molecule has 0 rings (SSSR count). The third-order valence-corrected chi connectivity index (χ3v) is 2.80. The standard InChI is InChI=1S/CHF4NO4S2.Li/c2-1(3,4)11(7,8)6-12(5,9)10;/h6H;. The zero-order chi connectivity index (χ0) is 10.2. The molecule has 0 aliphatic heterocycles. The summed E-state index contributed by atoms with van der Waals surface area (Å²) in [7, 11) is -12.1. The summed E-state index contributed by atoms with van der Waals surface area (Å²) in [6, 6.07) is 0. The minimum Gasteiger partial charge on any atom is -0.202 e. The number of halogens is 4. The Morgan fingerprint density at radius 2 is 1.31 bits per heavy atom. The van der Waals surface area contributed by atoms with Crippen molar-refractivity contribution in [1.29, 1.82) is 0 Å². The van der Waals surface area contributed by atoms with Crippen molar-refractivity contribution in [2.45, 2.75) is 5.51 Å². The van der Waals surface area contributed by atoms with Gasteiger partial charge in [0.1, 0.15) is 0 Å². The quantitative estimate of drug-likeness (QED) is 0.390. The fourth-order valence-corrected chi connectivity index (χ4v) is 1.60. The minimum absolute atomic E-state index is 0. The van der Waals surface area contributed by atoms with E-state index in [1.807, 2.05) is 0 Å². The molecule has 1 radical (unpaired) electrons. The number of hydrogen-bond donors (Lipinski definition) is 1. The Balaban J connectivity index is 0. The molecule has 0 saturated carbocycles. The molecule has 0 spiro atoms. The molecule has 0 atom stereocenters. The number of rotatable bonds is 2. The van der Waals surface area contributed by atoms with Crippen molar-refractivity contribution >= 4 is 39.3 Å². The molecule has 5 nitrogen and oxygen atoms in total. The largest absolute Gasteiger partial charge is 0.512 e. The summed E-state index contributed by atoms with van der Waals surface area (Å²) >= 11 is 0. The third kappa shape index (κ3) is 5.48. The molecule has 0 saturated heterocycles. The van der Waals surface area contributed by atoms with Crippen molar-refractivity contribution < 1.29 is 33.9 Å². The van der Waals surface area contributed by atoms with Crippen LogP contribution in [0, 0.1) is 0 Å². The summed E-state index contributed by atoms with van der Waals surface area (Å²) < 4.78 is 83.5. The Morgan fingerprint density at radius 3 is 1.38 bits per heavy atom. The van der Waals surface area contributed by atoms with Gasteiger partial charge in [-0.3, -0.25) is 0 Å². The molecule has 0 aromatic rings. The molecule has 0 heterocycles. The van der Waals surface area contributed by atoms with Gasteiger partial charge in [-0.15, -0.1) is 0 Å². The third-order valence-electron chi connectivity index (χ3n) is 0.514. The summed E-state index contributed by atoms with van der Waals surface area (Å²) in [5.41, 5.74) is -5.86. The first kappa shape index (κ1) is 15.6. The molecule has 12 heteroatoms. The van der Waals surface area contributed by atoms with E-state index >= 15 is 0 Å². The summed E-state index contributed by atoms with van der Waals surface area (Å²) in [6.07, 6.45) is 0. The Morgan fingerprint density at radius 1 is 1.00 bits per heavy atom. The Bertz CT molecular complexity index is 354. The molecule has 75 valence electrons. The Kier molecular flexibility index (Phi) is 4.98. The molecule has 0 fully saturated rings. The van der Waals surface area contributed by atoms with Crippen LogP contribution in [0.15, 0.2) is 0 Å². The van der Waals surface area contributed by atoms with Crippen LogP contribution in [-0.2, 0) is 20.4 Å². The van der Waals surface area contributed by atoms with Gasteiger partial charge in [0.25, 0.3) is 0 Å². The molecule has 0 aromatic carbocycles. The van der Waals surface area contributed by atoms with E-state index in [1.54, 1.807) is 0 Å². The van der Waals surface area contributed by atoms with E-state index in [0.29, 0.717) is 0 Å². The molecule has 13 heavy (non-hydrogen) atoms. The van der Waals surface area contributed by atoms with Crippen LogP contribution >= 0.6 is 0 Å². The maximum Gasteiger partial charge on any atom is 0.512 e. The molecule has 0 amide bonds. The van der Waals surface area contributed by atoms with Gasteiger partial charge in [-0.2, -0.15) is 21.6 Å². The molecule has 0 unspecified atom stereocenters. The number of sulfonamides is 1. The molecular weight excluding hydrogens is 237 g/mol. The second-order valence-electron chi connectivity index (χ2n) is 1.47. The van der Waals surface area contributed by atoms with Gasteiger partial charge < -0.3 is 0 Å². The maximum absolute atomic E-state index is 11.4. The van der Waals surface area contributed by atoms with Crippen molar-refractivity contribution in [2.24, 2.45) is 0 Å². The number of nitrogens with one attached hydrogen (secondary N) is 1. The van der Waals surface area contributed by atoms with E-state index in [4.69, 9.17) is 0 Å². The van der Waals surface area contributed by atoms with Gasteiger partial charge in [0.15, 0.2) is 0 Å². The molecular formula is CHF4LiNO4S2. The smallest absolute Gasteiger partial charge is 0.202 e. The fraction of sp³-hybridized carbons (Fsp3) is 1.00. The first-order chi connectivity index (χ1) is 4.96. The summed E-state index contributed by atoms with van der Waals surface area (Å²) in [6.45, 7) is 0.